The minimum absolute atomic E-state index is 0.0140. The Hall–Kier alpha value is -1.40. The molecule has 1 atom stereocenters. The number of benzene rings is 1. The van der Waals surface area contributed by atoms with E-state index < -0.39 is 10.0 Å². The van der Waals surface area contributed by atoms with Crippen molar-refractivity contribution < 1.29 is 13.2 Å². The molecule has 23 heavy (non-hydrogen) atoms. The summed E-state index contributed by atoms with van der Waals surface area (Å²) in [4.78, 5) is 12.6. The molecule has 2 rings (SSSR count). The van der Waals surface area contributed by atoms with Crippen LogP contribution in [0, 0.1) is 11.3 Å². The maximum absolute atomic E-state index is 12.7. The zero-order valence-electron chi connectivity index (χ0n) is 14.1. The molecule has 0 unspecified atom stereocenters. The molecule has 0 aromatic heterocycles. The summed E-state index contributed by atoms with van der Waals surface area (Å²) in [5.41, 5.74) is 0.0140. The van der Waals surface area contributed by atoms with Crippen molar-refractivity contribution in [2.75, 3.05) is 19.6 Å². The highest BCUT2D eigenvalue weighted by atomic mass is 32.2. The van der Waals surface area contributed by atoms with Gasteiger partial charge in [0.15, 0.2) is 0 Å². The van der Waals surface area contributed by atoms with E-state index in [1.165, 1.54) is 4.31 Å². The van der Waals surface area contributed by atoms with Gasteiger partial charge in [-0.3, -0.25) is 4.79 Å². The van der Waals surface area contributed by atoms with Gasteiger partial charge in [-0.2, -0.15) is 4.31 Å². The van der Waals surface area contributed by atoms with Gasteiger partial charge in [-0.1, -0.05) is 39.0 Å². The predicted molar refractivity (Wildman–Crippen MR) is 90.4 cm³/mol. The first kappa shape index (κ1) is 17.9. The lowest BCUT2D eigenvalue weighted by atomic mass is 9.95. The van der Waals surface area contributed by atoms with Gasteiger partial charge in [0.2, 0.25) is 15.9 Å². The fourth-order valence-corrected chi connectivity index (χ4v) is 4.16. The molecule has 6 heteroatoms. The highest BCUT2D eigenvalue weighted by molar-refractivity contribution is 7.89. The van der Waals surface area contributed by atoms with Gasteiger partial charge < -0.3 is 5.32 Å². The third-order valence-corrected chi connectivity index (χ3v) is 5.81. The minimum atomic E-state index is -3.52. The maximum Gasteiger partial charge on any atom is 0.243 e. The number of piperidine rings is 1. The van der Waals surface area contributed by atoms with Gasteiger partial charge in [0.1, 0.15) is 0 Å². The molecule has 1 N–H and O–H groups in total. The smallest absolute Gasteiger partial charge is 0.243 e. The summed E-state index contributed by atoms with van der Waals surface area (Å²) in [7, 11) is -3.52. The van der Waals surface area contributed by atoms with Crippen LogP contribution in [0.2, 0.25) is 0 Å². The first-order valence-electron chi connectivity index (χ1n) is 8.03. The van der Waals surface area contributed by atoms with Crippen molar-refractivity contribution in [2.24, 2.45) is 11.3 Å². The van der Waals surface area contributed by atoms with Crippen LogP contribution in [0.1, 0.15) is 33.6 Å². The van der Waals surface area contributed by atoms with E-state index in [0.717, 1.165) is 6.42 Å². The Balaban J connectivity index is 2.05. The molecule has 0 saturated carbocycles. The lowest BCUT2D eigenvalue weighted by Gasteiger charge is -2.32. The van der Waals surface area contributed by atoms with E-state index in [9.17, 15) is 13.2 Å². The zero-order valence-corrected chi connectivity index (χ0v) is 14.9. The third kappa shape index (κ3) is 4.78. The van der Waals surface area contributed by atoms with Crippen LogP contribution in [0.3, 0.4) is 0 Å². The van der Waals surface area contributed by atoms with Gasteiger partial charge in [-0.25, -0.2) is 8.42 Å². The van der Waals surface area contributed by atoms with Crippen molar-refractivity contribution in [3.63, 3.8) is 0 Å². The molecule has 128 valence electrons. The average molecular weight is 338 g/mol. The number of carbonyl (C=O) groups is 1. The molecule has 1 aromatic carbocycles. The Labute approximate surface area is 139 Å². The summed E-state index contributed by atoms with van der Waals surface area (Å²) < 4.78 is 26.8. The van der Waals surface area contributed by atoms with Crippen molar-refractivity contribution in [1.82, 2.24) is 9.62 Å². The number of nitrogens with zero attached hydrogens (tertiary/aromatic N) is 1. The van der Waals surface area contributed by atoms with E-state index in [2.05, 4.69) is 26.1 Å². The Morgan fingerprint density at radius 3 is 2.52 bits per heavy atom. The number of nitrogens with one attached hydrogen (secondary N) is 1. The molecule has 1 saturated heterocycles. The molecule has 1 heterocycles. The number of hydrogen-bond acceptors (Lipinski definition) is 3. The van der Waals surface area contributed by atoms with Crippen LogP contribution in [0.4, 0.5) is 0 Å². The largest absolute Gasteiger partial charge is 0.355 e. The van der Waals surface area contributed by atoms with Crippen molar-refractivity contribution in [3.8, 4) is 0 Å². The summed E-state index contributed by atoms with van der Waals surface area (Å²) in [6, 6.07) is 8.41. The van der Waals surface area contributed by atoms with Gasteiger partial charge in [0.05, 0.1) is 10.8 Å². The molecule has 0 radical (unpaired) electrons. The van der Waals surface area contributed by atoms with Gasteiger partial charge >= 0.3 is 0 Å². The minimum Gasteiger partial charge on any atom is -0.355 e. The zero-order chi connectivity index (χ0) is 17.1. The predicted octanol–water partition coefficient (Wildman–Crippen LogP) is 2.25. The highest BCUT2D eigenvalue weighted by Gasteiger charge is 2.33. The quantitative estimate of drug-likeness (QED) is 0.916. The Bertz CT molecular complexity index is 636. The number of carbonyl (C=O) groups excluding carboxylic acids is 1. The Morgan fingerprint density at radius 2 is 1.91 bits per heavy atom. The van der Waals surface area contributed by atoms with Gasteiger partial charge in [0.25, 0.3) is 0 Å². The Morgan fingerprint density at radius 1 is 1.26 bits per heavy atom. The van der Waals surface area contributed by atoms with E-state index in [0.29, 0.717) is 19.5 Å². The summed E-state index contributed by atoms with van der Waals surface area (Å²) in [5, 5.41) is 2.94. The van der Waals surface area contributed by atoms with Gasteiger partial charge in [0, 0.05) is 19.6 Å². The van der Waals surface area contributed by atoms with E-state index in [-0.39, 0.29) is 28.7 Å². The maximum atomic E-state index is 12.7. The second kappa shape index (κ2) is 7.01. The van der Waals surface area contributed by atoms with Crippen LogP contribution in [-0.2, 0) is 14.8 Å². The normalized spacial score (nSPS) is 20.2. The summed E-state index contributed by atoms with van der Waals surface area (Å²) in [5.74, 6) is -0.322. The number of sulfonamides is 1. The lowest BCUT2D eigenvalue weighted by Crippen LogP contribution is -2.46. The molecular weight excluding hydrogens is 312 g/mol. The average Bonchev–Trinajstić information content (AvgIpc) is 2.53. The third-order valence-electron chi connectivity index (χ3n) is 3.93. The molecule has 1 aliphatic heterocycles. The van der Waals surface area contributed by atoms with Crippen LogP contribution < -0.4 is 5.32 Å². The summed E-state index contributed by atoms with van der Waals surface area (Å²) in [6.07, 6.45) is 1.44. The van der Waals surface area contributed by atoms with Gasteiger partial charge in [-0.15, -0.1) is 0 Å². The summed E-state index contributed by atoms with van der Waals surface area (Å²) >= 11 is 0. The summed E-state index contributed by atoms with van der Waals surface area (Å²) in [6.45, 7) is 7.49. The molecule has 1 aromatic rings. The molecule has 1 amide bonds. The SMILES string of the molecule is CC(C)(C)CNC(=O)[C@@H]1CCCN(S(=O)(=O)c2ccccc2)C1. The van der Waals surface area contributed by atoms with Crippen molar-refractivity contribution >= 4 is 15.9 Å². The van der Waals surface area contributed by atoms with Crippen LogP contribution in [-0.4, -0.2) is 38.3 Å². The van der Waals surface area contributed by atoms with Crippen molar-refractivity contribution in [3.05, 3.63) is 30.3 Å². The van der Waals surface area contributed by atoms with Gasteiger partial charge in [-0.05, 0) is 30.4 Å². The fraction of sp³-hybridized carbons (Fsp3) is 0.588. The first-order chi connectivity index (χ1) is 10.7. The molecule has 5 nitrogen and oxygen atoms in total. The van der Waals surface area contributed by atoms with Crippen LogP contribution in [0.25, 0.3) is 0 Å². The standard InChI is InChI=1S/C17H26N2O3S/c1-17(2,3)13-18-16(20)14-8-7-11-19(12-14)23(21,22)15-9-5-4-6-10-15/h4-6,9-10,14H,7-8,11-13H2,1-3H3,(H,18,20)/t14-/m1/s1. The van der Waals surface area contributed by atoms with Crippen molar-refractivity contribution in [2.45, 2.75) is 38.5 Å². The van der Waals surface area contributed by atoms with Crippen LogP contribution >= 0.6 is 0 Å². The molecular formula is C17H26N2O3S. The molecule has 0 spiro atoms. The van der Waals surface area contributed by atoms with E-state index in [1.54, 1.807) is 30.3 Å². The highest BCUT2D eigenvalue weighted by Crippen LogP contribution is 2.24. The number of amides is 1. The number of hydrogen-bond donors (Lipinski definition) is 1. The molecule has 0 bridgehead atoms. The van der Waals surface area contributed by atoms with Crippen LogP contribution in [0.15, 0.2) is 35.2 Å². The van der Waals surface area contributed by atoms with Crippen molar-refractivity contribution in [1.29, 1.82) is 0 Å². The second-order valence-electron chi connectivity index (χ2n) is 7.29. The Kier molecular flexibility index (Phi) is 5.47. The topological polar surface area (TPSA) is 66.5 Å². The van der Waals surface area contributed by atoms with E-state index >= 15 is 0 Å². The second-order valence-corrected chi connectivity index (χ2v) is 9.23. The molecule has 0 aliphatic carbocycles. The molecule has 1 aliphatic rings. The first-order valence-corrected chi connectivity index (χ1v) is 9.47. The lowest BCUT2D eigenvalue weighted by molar-refractivity contribution is -0.126. The fourth-order valence-electron chi connectivity index (χ4n) is 2.61. The van der Waals surface area contributed by atoms with E-state index in [4.69, 9.17) is 0 Å². The molecule has 1 fully saturated rings. The van der Waals surface area contributed by atoms with Crippen LogP contribution in [0.5, 0.6) is 0 Å². The monoisotopic (exact) mass is 338 g/mol. The van der Waals surface area contributed by atoms with E-state index in [1.807, 2.05) is 0 Å². The number of rotatable bonds is 4.